The minimum absolute atomic E-state index is 0.323. The highest BCUT2D eigenvalue weighted by molar-refractivity contribution is 6.04. The van der Waals surface area contributed by atoms with Crippen LogP contribution in [-0.2, 0) is 0 Å². The lowest BCUT2D eigenvalue weighted by Crippen LogP contribution is -2.03. The van der Waals surface area contributed by atoms with Crippen molar-refractivity contribution in [1.82, 2.24) is 4.57 Å². The number of benzene rings is 2. The molecule has 0 spiro atoms. The van der Waals surface area contributed by atoms with Crippen molar-refractivity contribution >= 4 is 28.7 Å². The minimum Gasteiger partial charge on any atom is -0.761 e. The zero-order valence-electron chi connectivity index (χ0n) is 10.5. The van der Waals surface area contributed by atoms with E-state index in [0.29, 0.717) is 22.8 Å². The number of carbonyl (C=O) groups is 1. The van der Waals surface area contributed by atoms with E-state index in [4.69, 9.17) is 5.73 Å². The summed E-state index contributed by atoms with van der Waals surface area (Å²) in [5.41, 5.74) is 10.2. The Bertz CT molecular complexity index is 793. The standard InChI is InChI=1S/C15H12N3O2/c16-15-11(9-19)10-5-1-3-7-13(10)18(15)14-8-4-2-6-12(14)17-20/h1-9,17H,16H2/q-1. The highest BCUT2D eigenvalue weighted by Gasteiger charge is 2.16. The Labute approximate surface area is 115 Å². The van der Waals surface area contributed by atoms with Gasteiger partial charge in [-0.15, -0.1) is 0 Å². The van der Waals surface area contributed by atoms with Crippen molar-refractivity contribution < 1.29 is 4.79 Å². The molecule has 0 saturated carbocycles. The number of nitrogen functional groups attached to an aromatic ring is 1. The predicted molar refractivity (Wildman–Crippen MR) is 80.1 cm³/mol. The molecule has 3 N–H and O–H groups in total. The molecule has 0 atom stereocenters. The van der Waals surface area contributed by atoms with Gasteiger partial charge < -0.3 is 16.4 Å². The van der Waals surface area contributed by atoms with E-state index in [9.17, 15) is 10.0 Å². The van der Waals surface area contributed by atoms with Crippen LogP contribution in [0.25, 0.3) is 16.6 Å². The Balaban J connectivity index is 2.42. The van der Waals surface area contributed by atoms with Gasteiger partial charge in [-0.25, -0.2) is 0 Å². The van der Waals surface area contributed by atoms with Gasteiger partial charge in [0.25, 0.3) is 0 Å². The maximum atomic E-state index is 11.3. The monoisotopic (exact) mass is 266 g/mol. The van der Waals surface area contributed by atoms with Crippen LogP contribution in [-0.4, -0.2) is 10.9 Å². The molecule has 1 heterocycles. The van der Waals surface area contributed by atoms with Gasteiger partial charge in [-0.1, -0.05) is 30.3 Å². The van der Waals surface area contributed by atoms with Crippen molar-refractivity contribution in [1.29, 1.82) is 0 Å². The lowest BCUT2D eigenvalue weighted by atomic mass is 10.2. The SMILES string of the molecule is Nc1c(C=O)c2ccccc2n1-c1ccccc1N[O-]. The van der Waals surface area contributed by atoms with Crippen LogP contribution in [0.1, 0.15) is 10.4 Å². The maximum absolute atomic E-state index is 11.3. The Hall–Kier alpha value is -2.79. The maximum Gasteiger partial charge on any atom is 0.154 e. The number of hydrogen-bond acceptors (Lipinski definition) is 4. The third-order valence-corrected chi connectivity index (χ3v) is 3.32. The van der Waals surface area contributed by atoms with Crippen LogP contribution in [0.15, 0.2) is 48.5 Å². The summed E-state index contributed by atoms with van der Waals surface area (Å²) in [7, 11) is 0. The lowest BCUT2D eigenvalue weighted by molar-refractivity contribution is 0.112. The van der Waals surface area contributed by atoms with Crippen LogP contribution in [0.3, 0.4) is 0 Å². The van der Waals surface area contributed by atoms with Gasteiger partial charge in [0.1, 0.15) is 5.82 Å². The molecule has 0 aliphatic rings. The number of nitrogens with one attached hydrogen (secondary N) is 1. The summed E-state index contributed by atoms with van der Waals surface area (Å²) in [5, 5.41) is 11.8. The fourth-order valence-corrected chi connectivity index (χ4v) is 2.42. The second-order valence-electron chi connectivity index (χ2n) is 4.39. The van der Waals surface area contributed by atoms with E-state index in [-0.39, 0.29) is 0 Å². The van der Waals surface area contributed by atoms with Crippen LogP contribution in [0.4, 0.5) is 11.5 Å². The molecule has 0 fully saturated rings. The molecule has 0 radical (unpaired) electrons. The molecule has 0 aliphatic carbocycles. The molecular formula is C15H12N3O2-. The Morgan fingerprint density at radius 3 is 2.55 bits per heavy atom. The van der Waals surface area contributed by atoms with Gasteiger partial charge in [0.15, 0.2) is 6.29 Å². The van der Waals surface area contributed by atoms with Crippen molar-refractivity contribution in [3.63, 3.8) is 0 Å². The van der Waals surface area contributed by atoms with Crippen molar-refractivity contribution in [3.05, 3.63) is 59.3 Å². The van der Waals surface area contributed by atoms with Crippen molar-refractivity contribution in [2.75, 3.05) is 11.2 Å². The van der Waals surface area contributed by atoms with Crippen LogP contribution in [0.5, 0.6) is 0 Å². The summed E-state index contributed by atoms with van der Waals surface area (Å²) >= 11 is 0. The molecule has 5 nitrogen and oxygen atoms in total. The van der Waals surface area contributed by atoms with Crippen LogP contribution < -0.4 is 11.2 Å². The molecule has 1 aromatic heterocycles. The van der Waals surface area contributed by atoms with Crippen molar-refractivity contribution in [2.24, 2.45) is 0 Å². The predicted octanol–water partition coefficient (Wildman–Crippen LogP) is 2.93. The summed E-state index contributed by atoms with van der Waals surface area (Å²) in [6.45, 7) is 0. The molecular weight excluding hydrogens is 254 g/mol. The molecule has 0 unspecified atom stereocenters. The number of hydrogen-bond donors (Lipinski definition) is 2. The lowest BCUT2D eigenvalue weighted by Gasteiger charge is -2.17. The summed E-state index contributed by atoms with van der Waals surface area (Å²) in [6, 6.07) is 14.4. The van der Waals surface area contributed by atoms with Crippen LogP contribution in [0.2, 0.25) is 0 Å². The average molecular weight is 266 g/mol. The van der Waals surface area contributed by atoms with Gasteiger partial charge in [-0.05, 0) is 18.2 Å². The number of aldehydes is 1. The number of carbonyl (C=O) groups excluding carboxylic acids is 1. The van der Waals surface area contributed by atoms with Gasteiger partial charge in [0.05, 0.1) is 16.8 Å². The van der Waals surface area contributed by atoms with Gasteiger partial charge in [0.2, 0.25) is 0 Å². The summed E-state index contributed by atoms with van der Waals surface area (Å²) in [4.78, 5) is 11.3. The van der Waals surface area contributed by atoms with Gasteiger partial charge in [-0.3, -0.25) is 9.36 Å². The number of para-hydroxylation sites is 3. The number of nitrogens with two attached hydrogens (primary N) is 1. The topological polar surface area (TPSA) is 83.1 Å². The summed E-state index contributed by atoms with van der Waals surface area (Å²) in [6.07, 6.45) is 0.738. The zero-order valence-corrected chi connectivity index (χ0v) is 10.5. The van der Waals surface area contributed by atoms with E-state index in [1.54, 1.807) is 22.8 Å². The van der Waals surface area contributed by atoms with Crippen molar-refractivity contribution in [2.45, 2.75) is 0 Å². The molecule has 5 heteroatoms. The molecule has 3 aromatic rings. The normalized spacial score (nSPS) is 10.7. The summed E-state index contributed by atoms with van der Waals surface area (Å²) in [5.74, 6) is 0.323. The Kier molecular flexibility index (Phi) is 2.89. The number of aromatic nitrogens is 1. The van der Waals surface area contributed by atoms with Crippen LogP contribution >= 0.6 is 0 Å². The van der Waals surface area contributed by atoms with E-state index in [1.165, 1.54) is 0 Å². The molecule has 3 rings (SSSR count). The first-order valence-corrected chi connectivity index (χ1v) is 6.09. The first-order chi connectivity index (χ1) is 9.77. The third-order valence-electron chi connectivity index (χ3n) is 3.32. The zero-order chi connectivity index (χ0) is 14.1. The van der Waals surface area contributed by atoms with E-state index < -0.39 is 0 Å². The number of nitrogens with zero attached hydrogens (tertiary/aromatic N) is 1. The Morgan fingerprint density at radius 2 is 1.80 bits per heavy atom. The largest absolute Gasteiger partial charge is 0.761 e. The van der Waals surface area contributed by atoms with Crippen molar-refractivity contribution in [3.8, 4) is 5.69 Å². The summed E-state index contributed by atoms with van der Waals surface area (Å²) < 4.78 is 1.71. The molecule has 0 aliphatic heterocycles. The second kappa shape index (κ2) is 4.71. The minimum atomic E-state index is 0.323. The van der Waals surface area contributed by atoms with E-state index >= 15 is 0 Å². The number of rotatable bonds is 3. The van der Waals surface area contributed by atoms with E-state index in [2.05, 4.69) is 0 Å². The first kappa shape index (κ1) is 12.3. The molecule has 2 aromatic carbocycles. The van der Waals surface area contributed by atoms with E-state index in [0.717, 1.165) is 17.2 Å². The molecule has 0 amide bonds. The highest BCUT2D eigenvalue weighted by Crippen LogP contribution is 2.33. The fraction of sp³-hybridized carbons (Fsp3) is 0. The van der Waals surface area contributed by atoms with Gasteiger partial charge in [0, 0.05) is 11.1 Å². The Morgan fingerprint density at radius 1 is 1.10 bits per heavy atom. The first-order valence-electron chi connectivity index (χ1n) is 6.09. The third kappa shape index (κ3) is 1.64. The van der Waals surface area contributed by atoms with Gasteiger partial charge >= 0.3 is 0 Å². The molecule has 100 valence electrons. The van der Waals surface area contributed by atoms with E-state index in [1.807, 2.05) is 35.8 Å². The average Bonchev–Trinajstić information content (AvgIpc) is 2.78. The smallest absolute Gasteiger partial charge is 0.154 e. The molecule has 0 saturated heterocycles. The fourth-order valence-electron chi connectivity index (χ4n) is 2.42. The number of anilines is 2. The quantitative estimate of drug-likeness (QED) is 0.564. The number of fused-ring (bicyclic) bond motifs is 1. The highest BCUT2D eigenvalue weighted by atomic mass is 16.5. The second-order valence-corrected chi connectivity index (χ2v) is 4.39. The van der Waals surface area contributed by atoms with Crippen LogP contribution in [0, 0.1) is 5.21 Å². The molecule has 20 heavy (non-hydrogen) atoms. The molecule has 0 bridgehead atoms. The van der Waals surface area contributed by atoms with Gasteiger partial charge in [-0.2, -0.15) is 0 Å².